The van der Waals surface area contributed by atoms with Gasteiger partial charge in [0.25, 0.3) is 0 Å². The van der Waals surface area contributed by atoms with E-state index >= 15 is 0 Å². The van der Waals surface area contributed by atoms with Crippen LogP contribution in [0.1, 0.15) is 83.5 Å². The fourth-order valence-electron chi connectivity index (χ4n) is 8.44. The largest absolute Gasteiger partial charge is 0.400 e. The molecule has 8 nitrogen and oxygen atoms in total. The third kappa shape index (κ3) is 22.5. The van der Waals surface area contributed by atoms with Crippen molar-refractivity contribution in [1.29, 1.82) is 0 Å². The zero-order chi connectivity index (χ0) is 58.0. The second-order valence-electron chi connectivity index (χ2n) is 16.9. The van der Waals surface area contributed by atoms with Gasteiger partial charge in [0, 0.05) is 34.4 Å². The first-order chi connectivity index (χ1) is 38.9. The van der Waals surface area contributed by atoms with Crippen LogP contribution < -0.4 is 10.6 Å². The predicted octanol–water partition coefficient (Wildman–Crippen LogP) is 17.3. The molecule has 416 valence electrons. The number of aromatic nitrogens is 3. The Morgan fingerprint density at radius 1 is 0.278 bits per heavy atom. The van der Waals surface area contributed by atoms with Crippen LogP contribution in [0.5, 0.6) is 0 Å². The number of nitrogens with zero attached hydrogens (tertiary/aromatic N) is 3. The monoisotopic (exact) mass is 1060 g/mol. The molecule has 0 aliphatic heterocycles. The lowest BCUT2D eigenvalue weighted by molar-refractivity contribution is 0.399. The zero-order valence-electron chi connectivity index (χ0n) is 49.2. The van der Waals surface area contributed by atoms with Crippen molar-refractivity contribution >= 4 is 65.8 Å². The zero-order valence-corrected chi connectivity index (χ0v) is 49.2. The van der Waals surface area contributed by atoms with Crippen LogP contribution in [0.15, 0.2) is 218 Å². The van der Waals surface area contributed by atoms with Crippen molar-refractivity contribution in [3.05, 3.63) is 246 Å². The highest BCUT2D eigenvalue weighted by atomic mass is 16.2. The van der Waals surface area contributed by atoms with Gasteiger partial charge in [-0.25, -0.2) is 0 Å². The minimum Gasteiger partial charge on any atom is -0.400 e. The Balaban J connectivity index is 0.000000317. The van der Waals surface area contributed by atoms with Crippen LogP contribution in [0.4, 0.5) is 11.9 Å². The Hall–Kier alpha value is -8.01. The number of hydrogen-bond acceptors (Lipinski definition) is 8. The topological polar surface area (TPSA) is 123 Å². The minimum absolute atomic E-state index is 0.631. The Kier molecular flexibility index (Phi) is 34.9. The Morgan fingerprint density at radius 3 is 0.620 bits per heavy atom. The van der Waals surface area contributed by atoms with E-state index in [0.29, 0.717) is 11.9 Å². The Bertz CT molecular complexity index is 2780. The van der Waals surface area contributed by atoms with Gasteiger partial charge in [-0.05, 0) is 123 Å². The summed E-state index contributed by atoms with van der Waals surface area (Å²) in [6, 6.07) is 76.6. The van der Waals surface area contributed by atoms with E-state index in [4.69, 9.17) is 15.3 Å². The van der Waals surface area contributed by atoms with E-state index in [1.54, 1.807) is 0 Å². The lowest BCUT2D eigenvalue weighted by Gasteiger charge is -2.08. The summed E-state index contributed by atoms with van der Waals surface area (Å²) in [6.45, 7) is 20.4. The van der Waals surface area contributed by atoms with Crippen LogP contribution in [0, 0.1) is 6.92 Å². The van der Waals surface area contributed by atoms with Gasteiger partial charge in [-0.15, -0.1) is 0 Å². The molecule has 11 rings (SSSR count). The van der Waals surface area contributed by atoms with Gasteiger partial charge < -0.3 is 26.0 Å². The SMILES string of the molecule is CC.CCNc1nc(C)nc(NCC)n1.CCc1ccc(CC)c2ccccc12.CCc1ccc(CC)c2ccccc12.CO.CO.CO.c1ccc2ccccc2c1.c1ccc2ccccc2c1.c1ccc2ccccc2c1. The van der Waals surface area contributed by atoms with Crippen molar-refractivity contribution in [2.45, 2.75) is 88.0 Å². The number of hydrogen-bond donors (Lipinski definition) is 5. The van der Waals surface area contributed by atoms with Crippen LogP contribution >= 0.6 is 0 Å². The summed E-state index contributed by atoms with van der Waals surface area (Å²) >= 11 is 0. The Morgan fingerprint density at radius 2 is 0.456 bits per heavy atom. The molecule has 0 bridgehead atoms. The average molecular weight is 1060 g/mol. The molecule has 0 aliphatic rings. The lowest BCUT2D eigenvalue weighted by atomic mass is 9.97. The molecule has 0 aliphatic carbocycles. The van der Waals surface area contributed by atoms with E-state index in [2.05, 4.69) is 272 Å². The van der Waals surface area contributed by atoms with Crippen LogP contribution in [-0.4, -0.2) is 64.7 Å². The van der Waals surface area contributed by atoms with E-state index in [9.17, 15) is 0 Å². The molecule has 0 fully saturated rings. The molecule has 0 atom stereocenters. The van der Waals surface area contributed by atoms with Gasteiger partial charge in [0.05, 0.1) is 0 Å². The second kappa shape index (κ2) is 41.1. The molecular formula is C71H89N5O3. The third-order valence-electron chi connectivity index (χ3n) is 12.1. The van der Waals surface area contributed by atoms with Crippen molar-refractivity contribution in [2.75, 3.05) is 45.1 Å². The molecule has 1 heterocycles. The van der Waals surface area contributed by atoms with Crippen molar-refractivity contribution in [2.24, 2.45) is 0 Å². The maximum Gasteiger partial charge on any atom is 0.227 e. The summed E-state index contributed by atoms with van der Waals surface area (Å²) in [5, 5.41) is 40.7. The van der Waals surface area contributed by atoms with Crippen molar-refractivity contribution in [3.8, 4) is 0 Å². The van der Waals surface area contributed by atoms with Gasteiger partial charge in [-0.2, -0.15) is 15.0 Å². The highest BCUT2D eigenvalue weighted by Crippen LogP contribution is 2.25. The highest BCUT2D eigenvalue weighted by Gasteiger charge is 2.04. The molecule has 0 saturated heterocycles. The highest BCUT2D eigenvalue weighted by molar-refractivity contribution is 5.90. The van der Waals surface area contributed by atoms with Crippen molar-refractivity contribution < 1.29 is 15.3 Å². The van der Waals surface area contributed by atoms with Crippen molar-refractivity contribution in [1.82, 2.24) is 15.0 Å². The molecule has 8 heteroatoms. The smallest absolute Gasteiger partial charge is 0.227 e. The number of aryl methyl sites for hydroxylation is 5. The average Bonchev–Trinajstić information content (AvgIpc) is 3.54. The number of anilines is 2. The summed E-state index contributed by atoms with van der Waals surface area (Å²) in [5.41, 5.74) is 5.83. The summed E-state index contributed by atoms with van der Waals surface area (Å²) in [6.07, 6.45) is 4.46. The molecule has 0 saturated carbocycles. The van der Waals surface area contributed by atoms with Gasteiger partial charge in [-0.3, -0.25) is 0 Å². The van der Waals surface area contributed by atoms with E-state index in [-0.39, 0.29) is 0 Å². The van der Waals surface area contributed by atoms with Crippen LogP contribution in [0.3, 0.4) is 0 Å². The molecule has 79 heavy (non-hydrogen) atoms. The quantitative estimate of drug-likeness (QED) is 0.102. The normalized spacial score (nSPS) is 9.51. The lowest BCUT2D eigenvalue weighted by Crippen LogP contribution is -2.09. The number of benzene rings is 10. The summed E-state index contributed by atoms with van der Waals surface area (Å²) in [4.78, 5) is 12.4. The first-order valence-corrected chi connectivity index (χ1v) is 27.7. The summed E-state index contributed by atoms with van der Waals surface area (Å²) in [5.74, 6) is 1.99. The maximum atomic E-state index is 7.00. The molecule has 1 aromatic heterocycles. The standard InChI is InChI=1S/2C14H16.3C10H8.C8H15N5.C2H6.3CH4O/c2*1-3-11-9-10-12(4-2)14-8-6-5-7-13(11)14;3*1-2-6-10-8-4-3-7-9(10)5-1;1-4-9-7-11-6(3)12-8(13-7)10-5-2;4*1-2/h2*5-10H,3-4H2,1-2H3;3*1-8H;4-5H2,1-3H3,(H2,9,10,11,12,13);1-2H3;3*2H,1H3. The van der Waals surface area contributed by atoms with E-state index < -0.39 is 0 Å². The number of nitrogens with one attached hydrogen (secondary N) is 2. The van der Waals surface area contributed by atoms with E-state index in [1.165, 1.54) is 76.1 Å². The first-order valence-electron chi connectivity index (χ1n) is 27.7. The molecule has 0 radical (unpaired) electrons. The Labute approximate surface area is 473 Å². The number of fused-ring (bicyclic) bond motifs is 5. The molecule has 5 N–H and O–H groups in total. The third-order valence-corrected chi connectivity index (χ3v) is 12.1. The fourth-order valence-corrected chi connectivity index (χ4v) is 8.44. The van der Waals surface area contributed by atoms with Crippen LogP contribution in [-0.2, 0) is 25.7 Å². The summed E-state index contributed by atoms with van der Waals surface area (Å²) < 4.78 is 0. The fraction of sp³-hybridized carbons (Fsp3) is 0.254. The molecule has 0 amide bonds. The van der Waals surface area contributed by atoms with E-state index in [1.807, 2.05) is 34.6 Å². The van der Waals surface area contributed by atoms with Gasteiger partial charge >= 0.3 is 0 Å². The maximum absolute atomic E-state index is 7.00. The molecule has 0 spiro atoms. The second-order valence-corrected chi connectivity index (χ2v) is 16.9. The molecule has 0 unspecified atom stereocenters. The minimum atomic E-state index is 0.631. The molecule has 10 aromatic carbocycles. The van der Waals surface area contributed by atoms with Gasteiger partial charge in [0.1, 0.15) is 5.82 Å². The molecule has 11 aromatic rings. The number of rotatable bonds is 8. The van der Waals surface area contributed by atoms with Gasteiger partial charge in [0.2, 0.25) is 11.9 Å². The van der Waals surface area contributed by atoms with E-state index in [0.717, 1.165) is 65.9 Å². The predicted molar refractivity (Wildman–Crippen MR) is 346 cm³/mol. The van der Waals surface area contributed by atoms with Crippen LogP contribution in [0.25, 0.3) is 53.9 Å². The number of aliphatic hydroxyl groups excluding tert-OH is 3. The van der Waals surface area contributed by atoms with Gasteiger partial charge in [0.15, 0.2) is 0 Å². The van der Waals surface area contributed by atoms with Crippen LogP contribution in [0.2, 0.25) is 0 Å². The number of aliphatic hydroxyl groups is 3. The molecular weight excluding hydrogens is 971 g/mol. The first kappa shape index (κ1) is 67.1. The van der Waals surface area contributed by atoms with Gasteiger partial charge in [-0.1, -0.05) is 260 Å². The van der Waals surface area contributed by atoms with Crippen molar-refractivity contribution in [3.63, 3.8) is 0 Å². The summed E-state index contributed by atoms with van der Waals surface area (Å²) in [7, 11) is 3.00.